The van der Waals surface area contributed by atoms with Crippen molar-refractivity contribution in [3.8, 4) is 0 Å². The highest BCUT2D eigenvalue weighted by molar-refractivity contribution is 7.89. The minimum Gasteiger partial charge on any atom is -0.211 e. The third-order valence-electron chi connectivity index (χ3n) is 3.52. The second-order valence-corrected chi connectivity index (χ2v) is 6.73. The zero-order valence-corrected chi connectivity index (χ0v) is 11.6. The molecular formula is C13H16F3NO2S. The number of halogens is 3. The predicted octanol–water partition coefficient (Wildman–Crippen LogP) is 3.17. The van der Waals surface area contributed by atoms with Crippen LogP contribution in [0.15, 0.2) is 29.2 Å². The molecule has 0 amide bonds. The number of nitrogens with one attached hydrogen (secondary N) is 1. The van der Waals surface area contributed by atoms with E-state index in [-0.39, 0.29) is 12.5 Å². The molecule has 3 nitrogen and oxygen atoms in total. The normalized spacial score (nSPS) is 17.6. The fourth-order valence-electron chi connectivity index (χ4n) is 2.45. The van der Waals surface area contributed by atoms with E-state index in [0.29, 0.717) is 0 Å². The van der Waals surface area contributed by atoms with Crippen molar-refractivity contribution >= 4 is 10.0 Å². The highest BCUT2D eigenvalue weighted by Gasteiger charge is 2.36. The SMILES string of the molecule is O=S(=O)(NCC1CCCC1)c1ccccc1C(F)(F)F. The van der Waals surface area contributed by atoms with Gasteiger partial charge in [-0.2, -0.15) is 13.2 Å². The molecule has 1 saturated carbocycles. The molecule has 1 aliphatic carbocycles. The monoisotopic (exact) mass is 307 g/mol. The van der Waals surface area contributed by atoms with Crippen molar-refractivity contribution in [2.75, 3.05) is 6.54 Å². The fourth-order valence-corrected chi connectivity index (χ4v) is 3.80. The van der Waals surface area contributed by atoms with Crippen LogP contribution in [0, 0.1) is 5.92 Å². The van der Waals surface area contributed by atoms with Crippen LogP contribution in [0.25, 0.3) is 0 Å². The summed E-state index contributed by atoms with van der Waals surface area (Å²) in [4.78, 5) is -0.703. The van der Waals surface area contributed by atoms with Gasteiger partial charge < -0.3 is 0 Å². The average Bonchev–Trinajstić information content (AvgIpc) is 2.89. The first kappa shape index (κ1) is 15.3. The van der Waals surface area contributed by atoms with E-state index in [2.05, 4.69) is 4.72 Å². The van der Waals surface area contributed by atoms with Crippen LogP contribution >= 0.6 is 0 Å². The highest BCUT2D eigenvalue weighted by Crippen LogP contribution is 2.34. The molecule has 0 saturated heterocycles. The third kappa shape index (κ3) is 3.52. The molecule has 1 aromatic rings. The number of alkyl halides is 3. The first-order valence-electron chi connectivity index (χ1n) is 6.46. The van der Waals surface area contributed by atoms with Gasteiger partial charge in [0.15, 0.2) is 0 Å². The topological polar surface area (TPSA) is 46.2 Å². The quantitative estimate of drug-likeness (QED) is 0.928. The summed E-state index contributed by atoms with van der Waals surface area (Å²) in [6, 6.07) is 4.24. The lowest BCUT2D eigenvalue weighted by Crippen LogP contribution is -2.30. The molecule has 0 spiro atoms. The van der Waals surface area contributed by atoms with E-state index in [0.717, 1.165) is 37.8 Å². The Labute approximate surface area is 116 Å². The van der Waals surface area contributed by atoms with Crippen LogP contribution in [0.2, 0.25) is 0 Å². The molecule has 1 aromatic carbocycles. The van der Waals surface area contributed by atoms with Crippen molar-refractivity contribution in [3.63, 3.8) is 0 Å². The van der Waals surface area contributed by atoms with Gasteiger partial charge in [0.1, 0.15) is 0 Å². The Hall–Kier alpha value is -1.08. The molecule has 1 aliphatic rings. The van der Waals surface area contributed by atoms with Gasteiger partial charge in [-0.15, -0.1) is 0 Å². The number of hydrogen-bond acceptors (Lipinski definition) is 2. The number of sulfonamides is 1. The van der Waals surface area contributed by atoms with Crippen LogP contribution in [0.4, 0.5) is 13.2 Å². The number of rotatable bonds is 4. The molecule has 1 N–H and O–H groups in total. The summed E-state index contributed by atoms with van der Waals surface area (Å²) in [5, 5.41) is 0. The molecule has 0 aromatic heterocycles. The van der Waals surface area contributed by atoms with Crippen molar-refractivity contribution in [1.82, 2.24) is 4.72 Å². The maximum atomic E-state index is 12.8. The summed E-state index contributed by atoms with van der Waals surface area (Å²) >= 11 is 0. The van der Waals surface area contributed by atoms with Crippen molar-refractivity contribution in [1.29, 1.82) is 0 Å². The molecule has 112 valence electrons. The Morgan fingerprint density at radius 2 is 1.75 bits per heavy atom. The standard InChI is InChI=1S/C13H16F3NO2S/c14-13(15,16)11-7-3-4-8-12(11)20(18,19)17-9-10-5-1-2-6-10/h3-4,7-8,10,17H,1-2,5-6,9H2. The fraction of sp³-hybridized carbons (Fsp3) is 0.538. The largest absolute Gasteiger partial charge is 0.417 e. The maximum Gasteiger partial charge on any atom is 0.417 e. The Kier molecular flexibility index (Phi) is 4.39. The summed E-state index contributed by atoms with van der Waals surface area (Å²) in [6.07, 6.45) is -0.747. The summed E-state index contributed by atoms with van der Waals surface area (Å²) < 4.78 is 64.9. The van der Waals surface area contributed by atoms with E-state index in [1.165, 1.54) is 12.1 Å². The van der Waals surface area contributed by atoms with Crippen LogP contribution in [0.3, 0.4) is 0 Å². The van der Waals surface area contributed by atoms with E-state index >= 15 is 0 Å². The minimum atomic E-state index is -4.68. The summed E-state index contributed by atoms with van der Waals surface area (Å²) in [7, 11) is -4.13. The van der Waals surface area contributed by atoms with E-state index in [1.807, 2.05) is 0 Å². The van der Waals surface area contributed by atoms with Crippen molar-refractivity contribution in [2.24, 2.45) is 5.92 Å². The van der Waals surface area contributed by atoms with Gasteiger partial charge in [0.25, 0.3) is 0 Å². The summed E-state index contributed by atoms with van der Waals surface area (Å²) in [6.45, 7) is 0.203. The van der Waals surface area contributed by atoms with Crippen LogP contribution in [0.1, 0.15) is 31.2 Å². The van der Waals surface area contributed by atoms with Gasteiger partial charge in [0.05, 0.1) is 10.5 Å². The van der Waals surface area contributed by atoms with Crippen LogP contribution < -0.4 is 4.72 Å². The summed E-state index contributed by atoms with van der Waals surface area (Å²) in [5.41, 5.74) is -1.13. The molecule has 2 rings (SSSR count). The highest BCUT2D eigenvalue weighted by atomic mass is 32.2. The molecular weight excluding hydrogens is 291 g/mol. The lowest BCUT2D eigenvalue weighted by Gasteiger charge is -2.15. The van der Waals surface area contributed by atoms with Gasteiger partial charge in [0, 0.05) is 6.54 Å². The zero-order valence-electron chi connectivity index (χ0n) is 10.8. The Morgan fingerprint density at radius 1 is 1.15 bits per heavy atom. The second kappa shape index (κ2) is 5.73. The van der Waals surface area contributed by atoms with E-state index in [9.17, 15) is 21.6 Å². The van der Waals surface area contributed by atoms with E-state index in [1.54, 1.807) is 0 Å². The van der Waals surface area contributed by atoms with Crippen molar-refractivity contribution in [2.45, 2.75) is 36.8 Å². The first-order chi connectivity index (χ1) is 9.31. The number of hydrogen-bond donors (Lipinski definition) is 1. The van der Waals surface area contributed by atoms with Gasteiger partial charge in [-0.25, -0.2) is 13.1 Å². The van der Waals surface area contributed by atoms with Crippen LogP contribution in [-0.4, -0.2) is 15.0 Å². The van der Waals surface area contributed by atoms with Crippen molar-refractivity contribution in [3.05, 3.63) is 29.8 Å². The predicted molar refractivity (Wildman–Crippen MR) is 68.6 cm³/mol. The lowest BCUT2D eigenvalue weighted by molar-refractivity contribution is -0.139. The molecule has 20 heavy (non-hydrogen) atoms. The van der Waals surface area contributed by atoms with Gasteiger partial charge >= 0.3 is 6.18 Å². The molecule has 0 heterocycles. The van der Waals surface area contributed by atoms with Crippen LogP contribution in [0.5, 0.6) is 0 Å². The zero-order chi connectivity index (χ0) is 14.8. The Balaban J connectivity index is 2.20. The number of benzene rings is 1. The molecule has 1 fully saturated rings. The smallest absolute Gasteiger partial charge is 0.211 e. The van der Waals surface area contributed by atoms with Crippen LogP contribution in [-0.2, 0) is 16.2 Å². The van der Waals surface area contributed by atoms with Gasteiger partial charge in [-0.1, -0.05) is 25.0 Å². The lowest BCUT2D eigenvalue weighted by atomic mass is 10.1. The van der Waals surface area contributed by atoms with E-state index < -0.39 is 26.7 Å². The van der Waals surface area contributed by atoms with Crippen molar-refractivity contribution < 1.29 is 21.6 Å². The van der Waals surface area contributed by atoms with E-state index in [4.69, 9.17) is 0 Å². The molecule has 0 radical (unpaired) electrons. The average molecular weight is 307 g/mol. The first-order valence-corrected chi connectivity index (χ1v) is 7.95. The molecule has 0 aliphatic heterocycles. The van der Waals surface area contributed by atoms with Gasteiger partial charge in [-0.05, 0) is 30.9 Å². The Bertz CT molecular complexity index is 563. The third-order valence-corrected chi connectivity index (χ3v) is 5.00. The molecule has 0 bridgehead atoms. The maximum absolute atomic E-state index is 12.8. The summed E-state index contributed by atoms with van der Waals surface area (Å²) in [5.74, 6) is 0.225. The molecule has 0 atom stereocenters. The Morgan fingerprint density at radius 3 is 2.35 bits per heavy atom. The molecule has 7 heteroatoms. The second-order valence-electron chi connectivity index (χ2n) is 5.00. The van der Waals surface area contributed by atoms with Gasteiger partial charge in [-0.3, -0.25) is 0 Å². The molecule has 0 unspecified atom stereocenters. The minimum absolute atomic E-state index is 0.203. The van der Waals surface area contributed by atoms with Gasteiger partial charge in [0.2, 0.25) is 10.0 Å².